The van der Waals surface area contributed by atoms with E-state index in [1.165, 1.54) is 0 Å². The maximum atomic E-state index is 13.2. The normalized spacial score (nSPS) is 13.0. The van der Waals surface area contributed by atoms with Crippen LogP contribution in [0, 0.1) is 0 Å². The zero-order chi connectivity index (χ0) is 21.5. The van der Waals surface area contributed by atoms with Gasteiger partial charge in [-0.15, -0.1) is 0 Å². The summed E-state index contributed by atoms with van der Waals surface area (Å²) in [4.78, 5) is 27.5. The molecule has 1 atom stereocenters. The van der Waals surface area contributed by atoms with Gasteiger partial charge >= 0.3 is 0 Å². The molecule has 0 radical (unpaired) electrons. The number of amides is 2. The molecule has 0 saturated heterocycles. The van der Waals surface area contributed by atoms with Gasteiger partial charge in [0, 0.05) is 24.5 Å². The fourth-order valence-electron chi connectivity index (χ4n) is 3.51. The summed E-state index contributed by atoms with van der Waals surface area (Å²) < 4.78 is 10.8. The minimum Gasteiger partial charge on any atom is -0.454 e. The molecular weight excluding hydrogens is 404 g/mol. The fraction of sp³-hybridized carbons (Fsp3) is 0.391. The Morgan fingerprint density at radius 1 is 1.13 bits per heavy atom. The van der Waals surface area contributed by atoms with Gasteiger partial charge in [0.15, 0.2) is 11.5 Å². The number of halogens is 1. The molecule has 7 heteroatoms. The van der Waals surface area contributed by atoms with Crippen LogP contribution in [0.4, 0.5) is 0 Å². The van der Waals surface area contributed by atoms with Crippen molar-refractivity contribution in [2.24, 2.45) is 0 Å². The molecule has 2 amide bonds. The Kier molecular flexibility index (Phi) is 7.57. The van der Waals surface area contributed by atoms with E-state index < -0.39 is 6.04 Å². The molecule has 0 aromatic heterocycles. The third kappa shape index (κ3) is 5.25. The number of benzene rings is 2. The molecule has 0 saturated carbocycles. The number of hydrogen-bond donors (Lipinski definition) is 1. The van der Waals surface area contributed by atoms with E-state index in [-0.39, 0.29) is 31.6 Å². The van der Waals surface area contributed by atoms with Crippen molar-refractivity contribution in [1.29, 1.82) is 0 Å². The molecule has 0 bridgehead atoms. The molecule has 0 fully saturated rings. The monoisotopic (exact) mass is 430 g/mol. The zero-order valence-electron chi connectivity index (χ0n) is 17.3. The average molecular weight is 431 g/mol. The molecule has 2 aromatic carbocycles. The summed E-state index contributed by atoms with van der Waals surface area (Å²) in [5, 5.41) is 3.42. The SMILES string of the molecule is CCNC(=O)C(CC)N(Cc1ccccc1Cl)C(=O)CCc1ccc2c(c1)OCO2. The maximum Gasteiger partial charge on any atom is 0.242 e. The number of ether oxygens (including phenoxy) is 2. The topological polar surface area (TPSA) is 67.9 Å². The molecule has 160 valence electrons. The predicted molar refractivity (Wildman–Crippen MR) is 116 cm³/mol. The van der Waals surface area contributed by atoms with E-state index in [0.29, 0.717) is 35.9 Å². The van der Waals surface area contributed by atoms with Crippen LogP contribution in [0.5, 0.6) is 11.5 Å². The van der Waals surface area contributed by atoms with Crippen LogP contribution < -0.4 is 14.8 Å². The summed E-state index contributed by atoms with van der Waals surface area (Å²) in [6.45, 7) is 4.79. The number of carbonyl (C=O) groups excluding carboxylic acids is 2. The van der Waals surface area contributed by atoms with Crippen molar-refractivity contribution in [3.63, 3.8) is 0 Å². The summed E-state index contributed by atoms with van der Waals surface area (Å²) in [7, 11) is 0. The summed E-state index contributed by atoms with van der Waals surface area (Å²) in [5.74, 6) is 1.17. The minimum atomic E-state index is -0.550. The van der Waals surface area contributed by atoms with Gasteiger partial charge in [-0.1, -0.05) is 42.8 Å². The largest absolute Gasteiger partial charge is 0.454 e. The second-order valence-corrected chi connectivity index (χ2v) is 7.53. The number of fused-ring (bicyclic) bond motifs is 1. The molecule has 30 heavy (non-hydrogen) atoms. The first-order chi connectivity index (χ1) is 14.5. The Morgan fingerprint density at radius 3 is 2.63 bits per heavy atom. The van der Waals surface area contributed by atoms with E-state index in [2.05, 4.69) is 5.32 Å². The Morgan fingerprint density at radius 2 is 1.90 bits per heavy atom. The molecule has 1 aliphatic rings. The van der Waals surface area contributed by atoms with Crippen LogP contribution in [0.1, 0.15) is 37.8 Å². The summed E-state index contributed by atoms with van der Waals surface area (Å²) in [5.41, 5.74) is 1.80. The number of nitrogens with zero attached hydrogens (tertiary/aromatic N) is 1. The Labute approximate surface area is 182 Å². The van der Waals surface area contributed by atoms with Gasteiger partial charge in [-0.25, -0.2) is 0 Å². The predicted octanol–water partition coefficient (Wildman–Crippen LogP) is 3.94. The van der Waals surface area contributed by atoms with Crippen LogP contribution in [0.15, 0.2) is 42.5 Å². The van der Waals surface area contributed by atoms with Gasteiger partial charge in [0.2, 0.25) is 18.6 Å². The standard InChI is InChI=1S/C23H27ClN2O4/c1-3-19(23(28)25-4-2)26(14-17-7-5-6-8-18(17)24)22(27)12-10-16-9-11-20-21(13-16)30-15-29-20/h5-9,11,13,19H,3-4,10,12,14-15H2,1-2H3,(H,25,28). The lowest BCUT2D eigenvalue weighted by Gasteiger charge is -2.31. The Bertz CT molecular complexity index is 903. The van der Waals surface area contributed by atoms with Crippen molar-refractivity contribution in [3.8, 4) is 11.5 Å². The fourth-order valence-corrected chi connectivity index (χ4v) is 3.71. The lowest BCUT2D eigenvalue weighted by Crippen LogP contribution is -2.49. The van der Waals surface area contributed by atoms with Crippen LogP contribution in [0.2, 0.25) is 5.02 Å². The number of nitrogens with one attached hydrogen (secondary N) is 1. The van der Waals surface area contributed by atoms with Gasteiger partial charge in [0.1, 0.15) is 6.04 Å². The van der Waals surface area contributed by atoms with Crippen LogP contribution in [0.25, 0.3) is 0 Å². The van der Waals surface area contributed by atoms with E-state index in [1.54, 1.807) is 11.0 Å². The van der Waals surface area contributed by atoms with Gasteiger partial charge in [-0.2, -0.15) is 0 Å². The first-order valence-corrected chi connectivity index (χ1v) is 10.6. The second kappa shape index (κ2) is 10.3. The first-order valence-electron chi connectivity index (χ1n) is 10.2. The molecular formula is C23H27ClN2O4. The maximum absolute atomic E-state index is 13.2. The Hall–Kier alpha value is -2.73. The summed E-state index contributed by atoms with van der Waals surface area (Å²) in [6.07, 6.45) is 1.34. The highest BCUT2D eigenvalue weighted by molar-refractivity contribution is 6.31. The van der Waals surface area contributed by atoms with E-state index in [1.807, 2.05) is 50.2 Å². The molecule has 2 aromatic rings. The van der Waals surface area contributed by atoms with Crippen LogP contribution >= 0.6 is 11.6 Å². The zero-order valence-corrected chi connectivity index (χ0v) is 18.1. The van der Waals surface area contributed by atoms with Gasteiger partial charge in [0.05, 0.1) is 0 Å². The number of carbonyl (C=O) groups is 2. The van der Waals surface area contributed by atoms with Gasteiger partial charge in [-0.05, 0) is 49.1 Å². The van der Waals surface area contributed by atoms with E-state index >= 15 is 0 Å². The van der Waals surface area contributed by atoms with Crippen molar-refractivity contribution in [2.45, 2.75) is 45.7 Å². The van der Waals surface area contributed by atoms with E-state index in [9.17, 15) is 9.59 Å². The third-order valence-electron chi connectivity index (χ3n) is 5.10. The van der Waals surface area contributed by atoms with Crippen LogP contribution in [-0.2, 0) is 22.6 Å². The van der Waals surface area contributed by atoms with Gasteiger partial charge in [-0.3, -0.25) is 9.59 Å². The average Bonchev–Trinajstić information content (AvgIpc) is 3.21. The molecule has 1 aliphatic heterocycles. The quantitative estimate of drug-likeness (QED) is 0.654. The molecule has 1 heterocycles. The van der Waals surface area contributed by atoms with E-state index in [4.69, 9.17) is 21.1 Å². The van der Waals surface area contributed by atoms with Crippen molar-refractivity contribution in [3.05, 3.63) is 58.6 Å². The third-order valence-corrected chi connectivity index (χ3v) is 5.47. The molecule has 1 unspecified atom stereocenters. The van der Waals surface area contributed by atoms with Gasteiger partial charge in [0.25, 0.3) is 0 Å². The van der Waals surface area contributed by atoms with Gasteiger partial charge < -0.3 is 19.7 Å². The Balaban J connectivity index is 1.76. The summed E-state index contributed by atoms with van der Waals surface area (Å²) in [6, 6.07) is 12.5. The van der Waals surface area contributed by atoms with Crippen LogP contribution in [-0.4, -0.2) is 36.1 Å². The lowest BCUT2D eigenvalue weighted by molar-refractivity contribution is -0.141. The molecule has 6 nitrogen and oxygen atoms in total. The van der Waals surface area contributed by atoms with Crippen LogP contribution in [0.3, 0.4) is 0 Å². The molecule has 1 N–H and O–H groups in total. The van der Waals surface area contributed by atoms with Crippen molar-refractivity contribution >= 4 is 23.4 Å². The molecule has 0 spiro atoms. The highest BCUT2D eigenvalue weighted by Crippen LogP contribution is 2.33. The van der Waals surface area contributed by atoms with Crippen molar-refractivity contribution in [2.75, 3.05) is 13.3 Å². The highest BCUT2D eigenvalue weighted by atomic mass is 35.5. The lowest BCUT2D eigenvalue weighted by atomic mass is 10.1. The number of rotatable bonds is 9. The minimum absolute atomic E-state index is 0.0920. The number of aryl methyl sites for hydroxylation is 1. The second-order valence-electron chi connectivity index (χ2n) is 7.12. The first kappa shape index (κ1) is 22.0. The number of hydrogen-bond acceptors (Lipinski definition) is 4. The number of likely N-dealkylation sites (N-methyl/N-ethyl adjacent to an activating group) is 1. The van der Waals surface area contributed by atoms with Crippen molar-refractivity contribution < 1.29 is 19.1 Å². The smallest absolute Gasteiger partial charge is 0.242 e. The van der Waals surface area contributed by atoms with E-state index in [0.717, 1.165) is 11.1 Å². The molecule has 3 rings (SSSR count). The molecule has 0 aliphatic carbocycles. The van der Waals surface area contributed by atoms with Crippen molar-refractivity contribution in [1.82, 2.24) is 10.2 Å². The highest BCUT2D eigenvalue weighted by Gasteiger charge is 2.28. The summed E-state index contributed by atoms with van der Waals surface area (Å²) >= 11 is 6.32.